The minimum atomic E-state index is 0.0616. The second-order valence-electron chi connectivity index (χ2n) is 5.95. The number of hydrogen-bond donors (Lipinski definition) is 0. The smallest absolute Gasteiger partial charge is 0.232 e. The lowest BCUT2D eigenvalue weighted by Crippen LogP contribution is -2.13. The normalized spacial score (nSPS) is 11.4. The maximum Gasteiger partial charge on any atom is 0.232 e. The number of aryl methyl sites for hydroxylation is 3. The van der Waals surface area contributed by atoms with Gasteiger partial charge < -0.3 is 4.40 Å². The summed E-state index contributed by atoms with van der Waals surface area (Å²) in [7, 11) is 0. The number of nitrogens with zero attached hydrogens (tertiary/aromatic N) is 4. The van der Waals surface area contributed by atoms with E-state index in [1.807, 2.05) is 62.5 Å². The molecule has 0 saturated heterocycles. The molecular formula is C19H18N4O. The van der Waals surface area contributed by atoms with Gasteiger partial charge in [0, 0.05) is 18.3 Å². The highest BCUT2D eigenvalue weighted by Gasteiger charge is 2.16. The zero-order valence-electron chi connectivity index (χ0n) is 13.7. The Balaban J connectivity index is 1.64. The summed E-state index contributed by atoms with van der Waals surface area (Å²) in [5.41, 5.74) is 4.70. The maximum atomic E-state index is 12.8. The lowest BCUT2D eigenvalue weighted by molar-refractivity contribution is 0.0905. The molecule has 0 fully saturated rings. The number of hydrogen-bond acceptors (Lipinski definition) is 3. The minimum Gasteiger partial charge on any atom is -0.304 e. The van der Waals surface area contributed by atoms with Gasteiger partial charge >= 0.3 is 0 Å². The van der Waals surface area contributed by atoms with Crippen LogP contribution in [0.15, 0.2) is 48.7 Å². The average Bonchev–Trinajstić information content (AvgIpc) is 3.08. The number of imidazole rings is 2. The van der Waals surface area contributed by atoms with Gasteiger partial charge in [-0.15, -0.1) is 0 Å². The van der Waals surface area contributed by atoms with Crippen molar-refractivity contribution in [2.45, 2.75) is 26.7 Å². The molecule has 0 atom stereocenters. The van der Waals surface area contributed by atoms with Crippen LogP contribution in [0.4, 0.5) is 0 Å². The Morgan fingerprint density at radius 2 is 1.83 bits per heavy atom. The molecule has 4 rings (SSSR count). The predicted molar refractivity (Wildman–Crippen MR) is 93.3 cm³/mol. The van der Waals surface area contributed by atoms with Crippen molar-refractivity contribution in [2.75, 3.05) is 0 Å². The maximum absolute atomic E-state index is 12.8. The van der Waals surface area contributed by atoms with Crippen LogP contribution < -0.4 is 0 Å². The van der Waals surface area contributed by atoms with Crippen LogP contribution in [0.2, 0.25) is 0 Å². The first-order chi connectivity index (χ1) is 11.6. The summed E-state index contributed by atoms with van der Waals surface area (Å²) in [6.07, 6.45) is 3.07. The molecular weight excluding hydrogens is 300 g/mol. The van der Waals surface area contributed by atoms with Crippen molar-refractivity contribution in [2.24, 2.45) is 0 Å². The van der Waals surface area contributed by atoms with Gasteiger partial charge in [-0.2, -0.15) is 0 Å². The van der Waals surface area contributed by atoms with Crippen molar-refractivity contribution in [3.05, 3.63) is 65.9 Å². The van der Waals surface area contributed by atoms with Gasteiger partial charge in [-0.3, -0.25) is 9.36 Å². The van der Waals surface area contributed by atoms with Crippen LogP contribution in [0.5, 0.6) is 0 Å². The highest BCUT2D eigenvalue weighted by Crippen LogP contribution is 2.18. The molecule has 0 saturated carbocycles. The van der Waals surface area contributed by atoms with Crippen LogP contribution in [-0.2, 0) is 6.42 Å². The SMILES string of the molecule is Cc1nc2ccccn2c1CCC(=O)n1c(C)nc2ccccc21. The van der Waals surface area contributed by atoms with Crippen molar-refractivity contribution in [1.82, 2.24) is 18.9 Å². The predicted octanol–water partition coefficient (Wildman–Crippen LogP) is 3.57. The van der Waals surface area contributed by atoms with Gasteiger partial charge in [-0.05, 0) is 44.5 Å². The molecule has 0 spiro atoms. The van der Waals surface area contributed by atoms with Crippen molar-refractivity contribution in [3.63, 3.8) is 0 Å². The third-order valence-corrected chi connectivity index (χ3v) is 4.38. The number of carbonyl (C=O) groups is 1. The van der Waals surface area contributed by atoms with E-state index < -0.39 is 0 Å². The number of rotatable bonds is 3. The van der Waals surface area contributed by atoms with Gasteiger partial charge in [0.05, 0.1) is 16.7 Å². The Morgan fingerprint density at radius 3 is 2.71 bits per heavy atom. The van der Waals surface area contributed by atoms with Gasteiger partial charge in [0.2, 0.25) is 5.91 Å². The lowest BCUT2D eigenvalue weighted by atomic mass is 10.2. The lowest BCUT2D eigenvalue weighted by Gasteiger charge is -2.06. The van der Waals surface area contributed by atoms with Crippen LogP contribution in [0.3, 0.4) is 0 Å². The Bertz CT molecular complexity index is 1060. The summed E-state index contributed by atoms with van der Waals surface area (Å²) < 4.78 is 3.77. The molecule has 120 valence electrons. The highest BCUT2D eigenvalue weighted by atomic mass is 16.2. The first-order valence-corrected chi connectivity index (χ1v) is 8.05. The molecule has 0 aliphatic rings. The van der Waals surface area contributed by atoms with Gasteiger partial charge in [0.15, 0.2) is 0 Å². The summed E-state index contributed by atoms with van der Waals surface area (Å²) in [4.78, 5) is 21.8. The van der Waals surface area contributed by atoms with E-state index >= 15 is 0 Å². The molecule has 3 aromatic heterocycles. The fraction of sp³-hybridized carbons (Fsp3) is 0.211. The van der Waals surface area contributed by atoms with Gasteiger partial charge in [0.1, 0.15) is 11.5 Å². The van der Waals surface area contributed by atoms with Crippen molar-refractivity contribution in [3.8, 4) is 0 Å². The van der Waals surface area contributed by atoms with Crippen molar-refractivity contribution >= 4 is 22.6 Å². The fourth-order valence-corrected chi connectivity index (χ4v) is 3.26. The molecule has 1 aromatic carbocycles. The quantitative estimate of drug-likeness (QED) is 0.580. The van der Waals surface area contributed by atoms with Crippen molar-refractivity contribution in [1.29, 1.82) is 0 Å². The summed E-state index contributed by atoms with van der Waals surface area (Å²) >= 11 is 0. The Kier molecular flexibility index (Phi) is 3.41. The number of carbonyl (C=O) groups excluding carboxylic acids is 1. The van der Waals surface area contributed by atoms with E-state index in [2.05, 4.69) is 14.4 Å². The number of pyridine rings is 1. The Hall–Kier alpha value is -2.95. The third-order valence-electron chi connectivity index (χ3n) is 4.38. The van der Waals surface area contributed by atoms with Crippen LogP contribution in [0.1, 0.15) is 28.4 Å². The monoisotopic (exact) mass is 318 g/mol. The van der Waals surface area contributed by atoms with E-state index in [-0.39, 0.29) is 5.91 Å². The molecule has 0 bridgehead atoms. The molecule has 5 heteroatoms. The zero-order chi connectivity index (χ0) is 16.7. The van der Waals surface area contributed by atoms with Crippen molar-refractivity contribution < 1.29 is 4.79 Å². The number of fused-ring (bicyclic) bond motifs is 2. The van der Waals surface area contributed by atoms with E-state index in [1.54, 1.807) is 4.57 Å². The fourth-order valence-electron chi connectivity index (χ4n) is 3.26. The molecule has 0 N–H and O–H groups in total. The molecule has 0 aliphatic carbocycles. The number of aromatic nitrogens is 4. The molecule has 3 heterocycles. The first-order valence-electron chi connectivity index (χ1n) is 8.05. The highest BCUT2D eigenvalue weighted by molar-refractivity contribution is 5.91. The number of benzene rings is 1. The van der Waals surface area contributed by atoms with E-state index in [1.165, 1.54) is 0 Å². The second kappa shape index (κ2) is 5.60. The van der Waals surface area contributed by atoms with E-state index in [4.69, 9.17) is 0 Å². The third kappa shape index (κ3) is 2.29. The van der Waals surface area contributed by atoms with Gasteiger partial charge in [0.25, 0.3) is 0 Å². The van der Waals surface area contributed by atoms with Crippen LogP contribution in [0.25, 0.3) is 16.7 Å². The molecule has 0 amide bonds. The second-order valence-corrected chi connectivity index (χ2v) is 5.95. The van der Waals surface area contributed by atoms with Crippen LogP contribution in [0, 0.1) is 13.8 Å². The first kappa shape index (κ1) is 14.6. The van der Waals surface area contributed by atoms with E-state index in [0.29, 0.717) is 12.8 Å². The molecule has 24 heavy (non-hydrogen) atoms. The Morgan fingerprint density at radius 1 is 1.04 bits per heavy atom. The Labute approximate surface area is 139 Å². The van der Waals surface area contributed by atoms with Gasteiger partial charge in [-0.1, -0.05) is 18.2 Å². The topological polar surface area (TPSA) is 52.2 Å². The van der Waals surface area contributed by atoms with Crippen LogP contribution >= 0.6 is 0 Å². The minimum absolute atomic E-state index is 0.0616. The van der Waals surface area contributed by atoms with E-state index in [0.717, 1.165) is 33.9 Å². The zero-order valence-corrected chi connectivity index (χ0v) is 13.7. The average molecular weight is 318 g/mol. The molecule has 4 aromatic rings. The summed E-state index contributed by atoms with van der Waals surface area (Å²) in [6, 6.07) is 13.7. The summed E-state index contributed by atoms with van der Waals surface area (Å²) in [5, 5.41) is 0. The molecule has 5 nitrogen and oxygen atoms in total. The standard InChI is InChI=1S/C19H18N4O/c1-13-16(22-12-6-5-9-18(22)20-13)10-11-19(24)23-14(2)21-15-7-3-4-8-17(15)23/h3-9,12H,10-11H2,1-2H3. The largest absolute Gasteiger partial charge is 0.304 e. The summed E-state index contributed by atoms with van der Waals surface area (Å²) in [5.74, 6) is 0.794. The molecule has 0 radical (unpaired) electrons. The number of para-hydroxylation sites is 2. The molecule has 0 aliphatic heterocycles. The summed E-state index contributed by atoms with van der Waals surface area (Å²) in [6.45, 7) is 3.86. The van der Waals surface area contributed by atoms with Gasteiger partial charge in [-0.25, -0.2) is 9.97 Å². The van der Waals surface area contributed by atoms with Crippen LogP contribution in [-0.4, -0.2) is 24.8 Å². The molecule has 0 unspecified atom stereocenters. The van der Waals surface area contributed by atoms with E-state index in [9.17, 15) is 4.79 Å².